The van der Waals surface area contributed by atoms with Gasteiger partial charge in [0.05, 0.1) is 16.3 Å². The van der Waals surface area contributed by atoms with Crippen LogP contribution in [0.4, 0.5) is 11.4 Å². The number of para-hydroxylation sites is 1. The Balaban J connectivity index is 2.43. The van der Waals surface area contributed by atoms with Crippen LogP contribution in [0.1, 0.15) is 32.6 Å². The summed E-state index contributed by atoms with van der Waals surface area (Å²) in [5, 5.41) is 0. The summed E-state index contributed by atoms with van der Waals surface area (Å²) in [5.74, 6) is 0. The summed E-state index contributed by atoms with van der Waals surface area (Å²) in [5.41, 5.74) is 7.34. The Morgan fingerprint density at radius 3 is 2.47 bits per heavy atom. The third-order valence-electron chi connectivity index (χ3n) is 3.86. The molecule has 5 heteroatoms. The maximum Gasteiger partial charge on any atom is 0.177 e. The lowest BCUT2D eigenvalue weighted by molar-refractivity contribution is 0.601. The first-order valence-corrected chi connectivity index (χ1v) is 8.69. The van der Waals surface area contributed by atoms with E-state index < -0.39 is 9.84 Å². The van der Waals surface area contributed by atoms with E-state index in [2.05, 4.69) is 11.8 Å². The summed E-state index contributed by atoms with van der Waals surface area (Å²) in [7, 11) is -3.27. The SMILES string of the molecule is CCN(c1cccc(S(C)(=O)=O)c1N)C1CCCC1. The van der Waals surface area contributed by atoms with Crippen molar-refractivity contribution in [3.8, 4) is 0 Å². The van der Waals surface area contributed by atoms with E-state index in [0.717, 1.165) is 25.1 Å². The maximum atomic E-state index is 11.7. The van der Waals surface area contributed by atoms with Crippen LogP contribution in [0.3, 0.4) is 0 Å². The number of nitrogen functional groups attached to an aromatic ring is 1. The molecule has 0 spiro atoms. The first-order valence-electron chi connectivity index (χ1n) is 6.80. The van der Waals surface area contributed by atoms with Gasteiger partial charge < -0.3 is 10.6 Å². The highest BCUT2D eigenvalue weighted by atomic mass is 32.2. The zero-order valence-corrected chi connectivity index (χ0v) is 12.4. The van der Waals surface area contributed by atoms with E-state index in [1.165, 1.54) is 19.1 Å². The van der Waals surface area contributed by atoms with Gasteiger partial charge >= 0.3 is 0 Å². The normalized spacial score (nSPS) is 16.7. The molecule has 1 aliphatic carbocycles. The van der Waals surface area contributed by atoms with E-state index in [1.807, 2.05) is 6.07 Å². The Bertz CT molecular complexity index is 549. The van der Waals surface area contributed by atoms with Crippen molar-refractivity contribution in [2.24, 2.45) is 0 Å². The molecule has 0 radical (unpaired) electrons. The van der Waals surface area contributed by atoms with Gasteiger partial charge in [0.2, 0.25) is 0 Å². The van der Waals surface area contributed by atoms with Crippen LogP contribution >= 0.6 is 0 Å². The minimum atomic E-state index is -3.27. The lowest BCUT2D eigenvalue weighted by atomic mass is 10.1. The second-order valence-corrected chi connectivity index (χ2v) is 7.17. The fourth-order valence-corrected chi connectivity index (χ4v) is 3.78. The minimum Gasteiger partial charge on any atom is -0.396 e. The fourth-order valence-electron chi connectivity index (χ4n) is 2.95. The van der Waals surface area contributed by atoms with Gasteiger partial charge in [-0.05, 0) is 31.9 Å². The van der Waals surface area contributed by atoms with Gasteiger partial charge in [0, 0.05) is 18.8 Å². The van der Waals surface area contributed by atoms with Crippen LogP contribution < -0.4 is 10.6 Å². The molecule has 0 atom stereocenters. The summed E-state index contributed by atoms with van der Waals surface area (Å²) in [6.07, 6.45) is 6.01. The third-order valence-corrected chi connectivity index (χ3v) is 5.01. The van der Waals surface area contributed by atoms with E-state index in [9.17, 15) is 8.42 Å². The molecule has 2 N–H and O–H groups in total. The molecule has 0 bridgehead atoms. The van der Waals surface area contributed by atoms with E-state index >= 15 is 0 Å². The van der Waals surface area contributed by atoms with Crippen molar-refractivity contribution in [3.05, 3.63) is 18.2 Å². The van der Waals surface area contributed by atoms with Crippen LogP contribution in [0.25, 0.3) is 0 Å². The van der Waals surface area contributed by atoms with Crippen molar-refractivity contribution in [3.63, 3.8) is 0 Å². The Hall–Kier alpha value is -1.23. The molecule has 0 unspecified atom stereocenters. The van der Waals surface area contributed by atoms with Crippen molar-refractivity contribution in [2.75, 3.05) is 23.4 Å². The molecular formula is C14H22N2O2S. The zero-order valence-electron chi connectivity index (χ0n) is 11.6. The van der Waals surface area contributed by atoms with Crippen molar-refractivity contribution in [2.45, 2.75) is 43.5 Å². The number of sulfone groups is 1. The molecule has 0 aromatic heterocycles. The van der Waals surface area contributed by atoms with Crippen LogP contribution in [-0.2, 0) is 9.84 Å². The molecule has 106 valence electrons. The topological polar surface area (TPSA) is 63.4 Å². The number of nitrogens with zero attached hydrogens (tertiary/aromatic N) is 1. The van der Waals surface area contributed by atoms with Gasteiger partial charge in [0.1, 0.15) is 0 Å². The number of hydrogen-bond acceptors (Lipinski definition) is 4. The lowest BCUT2D eigenvalue weighted by Gasteiger charge is -2.31. The summed E-state index contributed by atoms with van der Waals surface area (Å²) in [6, 6.07) is 5.77. The Morgan fingerprint density at radius 1 is 1.32 bits per heavy atom. The smallest absolute Gasteiger partial charge is 0.177 e. The largest absolute Gasteiger partial charge is 0.396 e. The van der Waals surface area contributed by atoms with Gasteiger partial charge in [0.15, 0.2) is 9.84 Å². The van der Waals surface area contributed by atoms with Crippen molar-refractivity contribution < 1.29 is 8.42 Å². The molecule has 0 heterocycles. The Morgan fingerprint density at radius 2 is 1.95 bits per heavy atom. The summed E-state index contributed by atoms with van der Waals surface area (Å²) in [4.78, 5) is 2.48. The second kappa shape index (κ2) is 5.41. The first kappa shape index (κ1) is 14.2. The molecule has 1 aromatic rings. The number of anilines is 2. The zero-order chi connectivity index (χ0) is 14.0. The quantitative estimate of drug-likeness (QED) is 0.862. The van der Waals surface area contributed by atoms with Gasteiger partial charge in [0.25, 0.3) is 0 Å². The van der Waals surface area contributed by atoms with E-state index in [0.29, 0.717) is 11.7 Å². The number of nitrogens with two attached hydrogens (primary N) is 1. The summed E-state index contributed by atoms with van der Waals surface area (Å²) in [6.45, 7) is 2.94. The Kier molecular flexibility index (Phi) is 4.04. The molecule has 1 aliphatic rings. The lowest BCUT2D eigenvalue weighted by Crippen LogP contribution is -2.33. The van der Waals surface area contributed by atoms with Crippen molar-refractivity contribution >= 4 is 21.2 Å². The predicted octanol–water partition coefficient (Wildman–Crippen LogP) is 2.44. The number of hydrogen-bond donors (Lipinski definition) is 1. The van der Waals surface area contributed by atoms with Gasteiger partial charge in [-0.1, -0.05) is 18.9 Å². The highest BCUT2D eigenvalue weighted by molar-refractivity contribution is 7.90. The highest BCUT2D eigenvalue weighted by Gasteiger charge is 2.24. The number of rotatable bonds is 4. The summed E-state index contributed by atoms with van der Waals surface area (Å²) >= 11 is 0. The van der Waals surface area contributed by atoms with Crippen molar-refractivity contribution in [1.29, 1.82) is 0 Å². The van der Waals surface area contributed by atoms with E-state index in [1.54, 1.807) is 12.1 Å². The second-order valence-electron chi connectivity index (χ2n) is 5.19. The van der Waals surface area contributed by atoms with Gasteiger partial charge in [-0.15, -0.1) is 0 Å². The van der Waals surface area contributed by atoms with Gasteiger partial charge in [-0.2, -0.15) is 0 Å². The van der Waals surface area contributed by atoms with Crippen LogP contribution in [0.5, 0.6) is 0 Å². The number of benzene rings is 1. The van der Waals surface area contributed by atoms with Crippen LogP contribution in [0.2, 0.25) is 0 Å². The molecule has 1 aromatic carbocycles. The minimum absolute atomic E-state index is 0.237. The molecule has 0 saturated heterocycles. The highest BCUT2D eigenvalue weighted by Crippen LogP contribution is 2.34. The standard InChI is InChI=1S/C14H22N2O2S/c1-3-16(11-7-4-5-8-11)12-9-6-10-13(14(12)15)19(2,17)18/h6,9-11H,3-5,7-8,15H2,1-2H3. The molecule has 1 saturated carbocycles. The van der Waals surface area contributed by atoms with Gasteiger partial charge in [-0.25, -0.2) is 8.42 Å². The molecule has 1 fully saturated rings. The summed E-state index contributed by atoms with van der Waals surface area (Å²) < 4.78 is 23.5. The molecule has 0 aliphatic heterocycles. The van der Waals surface area contributed by atoms with Gasteiger partial charge in [-0.3, -0.25) is 0 Å². The van der Waals surface area contributed by atoms with Crippen LogP contribution in [0.15, 0.2) is 23.1 Å². The molecule has 2 rings (SSSR count). The van der Waals surface area contributed by atoms with E-state index in [-0.39, 0.29) is 4.90 Å². The fraction of sp³-hybridized carbons (Fsp3) is 0.571. The molecule has 19 heavy (non-hydrogen) atoms. The van der Waals surface area contributed by atoms with E-state index in [4.69, 9.17) is 5.73 Å². The first-order chi connectivity index (χ1) is 8.95. The third kappa shape index (κ3) is 2.86. The van der Waals surface area contributed by atoms with Crippen LogP contribution in [0, 0.1) is 0 Å². The van der Waals surface area contributed by atoms with Crippen LogP contribution in [-0.4, -0.2) is 27.3 Å². The Labute approximate surface area is 115 Å². The molecule has 4 nitrogen and oxygen atoms in total. The predicted molar refractivity (Wildman–Crippen MR) is 79.2 cm³/mol. The van der Waals surface area contributed by atoms with Crippen molar-refractivity contribution in [1.82, 2.24) is 0 Å². The molecular weight excluding hydrogens is 260 g/mol. The molecule has 0 amide bonds. The average Bonchev–Trinajstić information content (AvgIpc) is 2.84. The monoisotopic (exact) mass is 282 g/mol. The average molecular weight is 282 g/mol. The maximum absolute atomic E-state index is 11.7.